The van der Waals surface area contributed by atoms with Crippen LogP contribution in [0, 0.1) is 0 Å². The van der Waals surface area contributed by atoms with Crippen molar-refractivity contribution in [3.8, 4) is 0 Å². The third-order valence-electron chi connectivity index (χ3n) is 2.83. The van der Waals surface area contributed by atoms with Crippen LogP contribution in [-0.4, -0.2) is 20.6 Å². The van der Waals surface area contributed by atoms with Crippen molar-refractivity contribution in [2.24, 2.45) is 0 Å². The van der Waals surface area contributed by atoms with Crippen LogP contribution >= 0.6 is 23.2 Å². The van der Waals surface area contributed by atoms with Gasteiger partial charge in [0, 0.05) is 27.5 Å². The van der Waals surface area contributed by atoms with Gasteiger partial charge in [0.05, 0.1) is 6.26 Å². The molecule has 0 heterocycles. The van der Waals surface area contributed by atoms with Crippen LogP contribution in [0.1, 0.15) is 5.56 Å². The predicted molar refractivity (Wildman–Crippen MR) is 99.0 cm³/mol. The molecule has 0 bridgehead atoms. The van der Waals surface area contributed by atoms with E-state index < -0.39 is 10.0 Å². The molecule has 1 amide bonds. The summed E-state index contributed by atoms with van der Waals surface area (Å²) in [5, 5.41) is 3.66. The molecule has 0 aromatic heterocycles. The third-order valence-corrected chi connectivity index (χ3v) is 4.01. The van der Waals surface area contributed by atoms with E-state index in [9.17, 15) is 13.2 Å². The highest BCUT2D eigenvalue weighted by molar-refractivity contribution is 7.92. The molecule has 0 aliphatic rings. The summed E-state index contributed by atoms with van der Waals surface area (Å²) in [5.74, 6) is -0.352. The van der Waals surface area contributed by atoms with Gasteiger partial charge in [-0.1, -0.05) is 23.2 Å². The maximum absolute atomic E-state index is 11.9. The van der Waals surface area contributed by atoms with Crippen molar-refractivity contribution in [3.05, 3.63) is 64.1 Å². The van der Waals surface area contributed by atoms with Gasteiger partial charge < -0.3 is 5.32 Å². The molecule has 2 aromatic carbocycles. The molecule has 2 aromatic rings. The second-order valence-corrected chi connectivity index (χ2v) is 7.53. The number of sulfonamides is 1. The molecule has 0 aliphatic heterocycles. The maximum atomic E-state index is 11.9. The Morgan fingerprint density at radius 1 is 1.04 bits per heavy atom. The first-order chi connectivity index (χ1) is 11.2. The van der Waals surface area contributed by atoms with Crippen LogP contribution in [0.2, 0.25) is 10.0 Å². The molecule has 8 heteroatoms. The topological polar surface area (TPSA) is 75.3 Å². The standard InChI is InChI=1S/C16H14Cl2N2O3S/c1-24(22,23)20-14-6-4-13(5-7-14)19-16(21)9-2-11-10-12(17)3-8-15(11)18/h2-10,20H,1H3,(H,19,21)/b9-2+. The Balaban J connectivity index is 2.02. The van der Waals surface area contributed by atoms with Crippen molar-refractivity contribution in [2.75, 3.05) is 16.3 Å². The molecule has 2 rings (SSSR count). The fourth-order valence-corrected chi connectivity index (χ4v) is 2.75. The van der Waals surface area contributed by atoms with Crippen molar-refractivity contribution >= 4 is 56.6 Å². The zero-order valence-electron chi connectivity index (χ0n) is 12.6. The Morgan fingerprint density at radius 2 is 1.67 bits per heavy atom. The second kappa shape index (κ2) is 7.70. The molecule has 0 saturated carbocycles. The van der Waals surface area contributed by atoms with Gasteiger partial charge in [0.15, 0.2) is 0 Å². The van der Waals surface area contributed by atoms with E-state index in [0.29, 0.717) is 27.0 Å². The molecule has 24 heavy (non-hydrogen) atoms. The van der Waals surface area contributed by atoms with Crippen molar-refractivity contribution in [1.29, 1.82) is 0 Å². The van der Waals surface area contributed by atoms with E-state index in [1.54, 1.807) is 48.5 Å². The lowest BCUT2D eigenvalue weighted by atomic mass is 10.2. The molecule has 0 fully saturated rings. The van der Waals surface area contributed by atoms with E-state index in [0.717, 1.165) is 6.26 Å². The number of hydrogen-bond donors (Lipinski definition) is 2. The average molecular weight is 385 g/mol. The number of nitrogens with one attached hydrogen (secondary N) is 2. The van der Waals surface area contributed by atoms with E-state index >= 15 is 0 Å². The minimum absolute atomic E-state index is 0.352. The average Bonchev–Trinajstić information content (AvgIpc) is 2.49. The van der Waals surface area contributed by atoms with Gasteiger partial charge in [0.1, 0.15) is 0 Å². The van der Waals surface area contributed by atoms with E-state index in [1.807, 2.05) is 0 Å². The van der Waals surface area contributed by atoms with E-state index in [1.165, 1.54) is 6.08 Å². The SMILES string of the molecule is CS(=O)(=O)Nc1ccc(NC(=O)/C=C/c2cc(Cl)ccc2Cl)cc1. The zero-order chi connectivity index (χ0) is 17.7. The smallest absolute Gasteiger partial charge is 0.248 e. The Kier molecular flexibility index (Phi) is 5.88. The van der Waals surface area contributed by atoms with Crippen molar-refractivity contribution in [3.63, 3.8) is 0 Å². The lowest BCUT2D eigenvalue weighted by Crippen LogP contribution is -2.10. The first kappa shape index (κ1) is 18.3. The predicted octanol–water partition coefficient (Wildman–Crippen LogP) is 4.02. The van der Waals surface area contributed by atoms with Crippen LogP contribution < -0.4 is 10.0 Å². The molecule has 0 unspecified atom stereocenters. The minimum atomic E-state index is -3.33. The van der Waals surface area contributed by atoms with Gasteiger partial charge in [-0.25, -0.2) is 8.42 Å². The maximum Gasteiger partial charge on any atom is 0.248 e. The van der Waals surface area contributed by atoms with Crippen LogP contribution in [0.4, 0.5) is 11.4 Å². The monoisotopic (exact) mass is 384 g/mol. The van der Waals surface area contributed by atoms with Gasteiger partial charge in [-0.2, -0.15) is 0 Å². The van der Waals surface area contributed by atoms with Crippen LogP contribution in [0.3, 0.4) is 0 Å². The summed E-state index contributed by atoms with van der Waals surface area (Å²) in [6, 6.07) is 11.2. The molecule has 5 nitrogen and oxygen atoms in total. The Hall–Kier alpha value is -2.02. The summed E-state index contributed by atoms with van der Waals surface area (Å²) < 4.78 is 24.6. The Morgan fingerprint density at radius 3 is 2.29 bits per heavy atom. The largest absolute Gasteiger partial charge is 0.323 e. The molecule has 0 saturated heterocycles. The fourth-order valence-electron chi connectivity index (χ4n) is 1.83. The quantitative estimate of drug-likeness (QED) is 0.764. The summed E-state index contributed by atoms with van der Waals surface area (Å²) >= 11 is 11.9. The highest BCUT2D eigenvalue weighted by Crippen LogP contribution is 2.22. The highest BCUT2D eigenvalue weighted by atomic mass is 35.5. The van der Waals surface area contributed by atoms with Gasteiger partial charge in [-0.15, -0.1) is 0 Å². The number of amides is 1. The number of rotatable bonds is 5. The van der Waals surface area contributed by atoms with Crippen molar-refractivity contribution in [2.45, 2.75) is 0 Å². The van der Waals surface area contributed by atoms with Gasteiger partial charge in [0.25, 0.3) is 0 Å². The number of benzene rings is 2. The summed E-state index contributed by atoms with van der Waals surface area (Å²) in [7, 11) is -3.33. The molecule has 126 valence electrons. The summed E-state index contributed by atoms with van der Waals surface area (Å²) in [6.07, 6.45) is 3.96. The third kappa shape index (κ3) is 5.88. The first-order valence-electron chi connectivity index (χ1n) is 6.75. The molecular weight excluding hydrogens is 371 g/mol. The van der Waals surface area contributed by atoms with Crippen molar-refractivity contribution in [1.82, 2.24) is 0 Å². The van der Waals surface area contributed by atoms with Crippen LogP contribution in [-0.2, 0) is 14.8 Å². The highest BCUT2D eigenvalue weighted by Gasteiger charge is 2.03. The van der Waals surface area contributed by atoms with Gasteiger partial charge in [-0.05, 0) is 54.1 Å². The molecule has 0 radical (unpaired) electrons. The van der Waals surface area contributed by atoms with E-state index in [-0.39, 0.29) is 5.91 Å². The van der Waals surface area contributed by atoms with E-state index in [4.69, 9.17) is 23.2 Å². The number of hydrogen-bond acceptors (Lipinski definition) is 3. The number of carbonyl (C=O) groups excluding carboxylic acids is 1. The Bertz CT molecular complexity index is 879. The second-order valence-electron chi connectivity index (χ2n) is 4.94. The summed E-state index contributed by atoms with van der Waals surface area (Å²) in [5.41, 5.74) is 1.57. The molecule has 0 spiro atoms. The number of carbonyl (C=O) groups is 1. The molecule has 2 N–H and O–H groups in total. The van der Waals surface area contributed by atoms with Gasteiger partial charge in [-0.3, -0.25) is 9.52 Å². The lowest BCUT2D eigenvalue weighted by Gasteiger charge is -2.06. The zero-order valence-corrected chi connectivity index (χ0v) is 14.9. The number of halogens is 2. The normalized spacial score (nSPS) is 11.5. The lowest BCUT2D eigenvalue weighted by molar-refractivity contribution is -0.111. The molecule has 0 atom stereocenters. The van der Waals surface area contributed by atoms with E-state index in [2.05, 4.69) is 10.0 Å². The van der Waals surface area contributed by atoms with Crippen molar-refractivity contribution < 1.29 is 13.2 Å². The van der Waals surface area contributed by atoms with Gasteiger partial charge >= 0.3 is 0 Å². The molecular formula is C16H14Cl2N2O3S. The fraction of sp³-hybridized carbons (Fsp3) is 0.0625. The van der Waals surface area contributed by atoms with Crippen LogP contribution in [0.15, 0.2) is 48.5 Å². The van der Waals surface area contributed by atoms with Crippen LogP contribution in [0.25, 0.3) is 6.08 Å². The molecule has 0 aliphatic carbocycles. The van der Waals surface area contributed by atoms with Crippen LogP contribution in [0.5, 0.6) is 0 Å². The minimum Gasteiger partial charge on any atom is -0.323 e. The first-order valence-corrected chi connectivity index (χ1v) is 9.40. The summed E-state index contributed by atoms with van der Waals surface area (Å²) in [4.78, 5) is 11.9. The number of anilines is 2. The van der Waals surface area contributed by atoms with Gasteiger partial charge in [0.2, 0.25) is 15.9 Å². The Labute approximate surface area is 150 Å². The summed E-state index contributed by atoms with van der Waals surface area (Å²) in [6.45, 7) is 0.